The van der Waals surface area contributed by atoms with Crippen LogP contribution in [0.4, 0.5) is 5.82 Å². The van der Waals surface area contributed by atoms with Crippen molar-refractivity contribution >= 4 is 34.5 Å². The molecule has 2 heterocycles. The van der Waals surface area contributed by atoms with Crippen molar-refractivity contribution in [3.05, 3.63) is 12.0 Å². The van der Waals surface area contributed by atoms with Gasteiger partial charge in [0.05, 0.1) is 6.33 Å². The Balaban J connectivity index is 2.16. The highest BCUT2D eigenvalue weighted by Gasteiger charge is 2.40. The Bertz CT molecular complexity index is 632. The minimum Gasteiger partial charge on any atom is -0.463 e. The first-order valence-corrected chi connectivity index (χ1v) is 7.20. The molecule has 10 heteroatoms. The zero-order chi connectivity index (χ0) is 17.1. The van der Waals surface area contributed by atoms with E-state index in [0.29, 0.717) is 6.42 Å². The first kappa shape index (κ1) is 17.2. The van der Waals surface area contributed by atoms with Crippen LogP contribution in [0.1, 0.15) is 32.2 Å². The van der Waals surface area contributed by atoms with E-state index in [1.807, 2.05) is 0 Å². The number of carbonyl (C=O) groups excluding carboxylic acids is 2. The zero-order valence-corrected chi connectivity index (χ0v) is 13.4. The summed E-state index contributed by atoms with van der Waals surface area (Å²) in [6.07, 6.45) is -0.0740. The highest BCUT2D eigenvalue weighted by Crippen LogP contribution is 2.33. The molecule has 0 bridgehead atoms. The number of hydrogen-bond donors (Lipinski definition) is 2. The van der Waals surface area contributed by atoms with Gasteiger partial charge in [0, 0.05) is 20.3 Å². The average Bonchev–Trinajstić information content (AvgIpc) is 2.99. The third-order valence-electron chi connectivity index (χ3n) is 3.30. The number of hydrogen-bond acceptors (Lipinski definition) is 8. The summed E-state index contributed by atoms with van der Waals surface area (Å²) in [6.45, 7) is 2.52. The molecule has 0 amide bonds. The quantitative estimate of drug-likeness (QED) is 0.597. The number of halogens is 1. The van der Waals surface area contributed by atoms with Crippen LogP contribution in [-0.4, -0.2) is 45.5 Å². The summed E-state index contributed by atoms with van der Waals surface area (Å²) in [4.78, 5) is 26.1. The van der Waals surface area contributed by atoms with E-state index >= 15 is 0 Å². The third kappa shape index (κ3) is 3.99. The Hall–Kier alpha value is -2.13. The molecule has 1 fully saturated rings. The monoisotopic (exact) mass is 344 g/mol. The number of anilines is 1. The molecule has 0 aliphatic carbocycles. The van der Waals surface area contributed by atoms with Gasteiger partial charge in [-0.2, -0.15) is 0 Å². The molecule has 1 aromatic heterocycles. The number of nitrogens with two attached hydrogens (primary N) is 1. The second-order valence-corrected chi connectivity index (χ2v) is 5.39. The molecule has 0 saturated carbocycles. The Morgan fingerprint density at radius 1 is 1.52 bits per heavy atom. The van der Waals surface area contributed by atoms with Crippen molar-refractivity contribution in [1.82, 2.24) is 9.55 Å². The van der Waals surface area contributed by atoms with Gasteiger partial charge in [0.1, 0.15) is 36.6 Å². The van der Waals surface area contributed by atoms with Crippen molar-refractivity contribution in [3.63, 3.8) is 0 Å². The lowest BCUT2D eigenvalue weighted by Crippen LogP contribution is -2.31. The molecule has 1 saturated heterocycles. The van der Waals surface area contributed by atoms with Crippen molar-refractivity contribution in [1.29, 1.82) is 5.41 Å². The first-order chi connectivity index (χ1) is 10.8. The topological polar surface area (TPSA) is 130 Å². The highest BCUT2D eigenvalue weighted by molar-refractivity contribution is 6.68. The SMILES string of the molecule is CC(=O)OCC1OC(n2cnc(C(=N)Cl)c2N)CC1OC(C)=O. The zero-order valence-electron chi connectivity index (χ0n) is 12.6. The van der Waals surface area contributed by atoms with Gasteiger partial charge in [-0.3, -0.25) is 19.6 Å². The maximum absolute atomic E-state index is 11.2. The first-order valence-electron chi connectivity index (χ1n) is 6.82. The fourth-order valence-corrected chi connectivity index (χ4v) is 2.47. The number of nitrogens with zero attached hydrogens (tertiary/aromatic N) is 2. The van der Waals surface area contributed by atoms with E-state index in [9.17, 15) is 9.59 Å². The predicted molar refractivity (Wildman–Crippen MR) is 80.0 cm³/mol. The number of carbonyl (C=O) groups is 2. The summed E-state index contributed by atoms with van der Waals surface area (Å²) in [7, 11) is 0. The molecule has 0 spiro atoms. The molecule has 0 radical (unpaired) electrons. The lowest BCUT2D eigenvalue weighted by molar-refractivity contribution is -0.155. The fraction of sp³-hybridized carbons (Fsp3) is 0.538. The number of esters is 2. The minimum atomic E-state index is -0.617. The number of aromatic nitrogens is 2. The van der Waals surface area contributed by atoms with Gasteiger partial charge in [0.25, 0.3) is 0 Å². The van der Waals surface area contributed by atoms with E-state index in [1.54, 1.807) is 0 Å². The molecule has 1 aromatic rings. The molecule has 126 valence electrons. The second kappa shape index (κ2) is 6.97. The van der Waals surface area contributed by atoms with Crippen LogP contribution in [0.3, 0.4) is 0 Å². The van der Waals surface area contributed by atoms with Crippen molar-refractivity contribution in [2.75, 3.05) is 12.3 Å². The normalized spacial score (nSPS) is 23.5. The smallest absolute Gasteiger partial charge is 0.303 e. The number of nitrogens with one attached hydrogen (secondary N) is 1. The Labute approximate surface area is 137 Å². The Morgan fingerprint density at radius 3 is 2.74 bits per heavy atom. The van der Waals surface area contributed by atoms with Crippen molar-refractivity contribution in [2.24, 2.45) is 0 Å². The van der Waals surface area contributed by atoms with E-state index in [-0.39, 0.29) is 23.3 Å². The minimum absolute atomic E-state index is 0.0451. The molecule has 3 atom stereocenters. The van der Waals surface area contributed by atoms with Crippen LogP contribution < -0.4 is 5.73 Å². The van der Waals surface area contributed by atoms with Crippen LogP contribution in [0, 0.1) is 5.41 Å². The van der Waals surface area contributed by atoms with Gasteiger partial charge in [0.2, 0.25) is 0 Å². The van der Waals surface area contributed by atoms with Gasteiger partial charge in [-0.25, -0.2) is 4.98 Å². The van der Waals surface area contributed by atoms with Crippen LogP contribution in [0.25, 0.3) is 0 Å². The van der Waals surface area contributed by atoms with Gasteiger partial charge >= 0.3 is 11.9 Å². The fourth-order valence-electron chi connectivity index (χ4n) is 2.33. The molecule has 1 aliphatic heterocycles. The predicted octanol–water partition coefficient (Wildman–Crippen LogP) is 0.812. The van der Waals surface area contributed by atoms with Crippen molar-refractivity contribution in [2.45, 2.75) is 38.7 Å². The van der Waals surface area contributed by atoms with Crippen molar-refractivity contribution < 1.29 is 23.8 Å². The Morgan fingerprint density at radius 2 is 2.22 bits per heavy atom. The van der Waals surface area contributed by atoms with Crippen LogP contribution in [-0.2, 0) is 23.8 Å². The van der Waals surface area contributed by atoms with Gasteiger partial charge in [0.15, 0.2) is 5.17 Å². The van der Waals surface area contributed by atoms with Gasteiger partial charge in [-0.05, 0) is 0 Å². The van der Waals surface area contributed by atoms with Gasteiger partial charge in [-0.15, -0.1) is 0 Å². The molecule has 1 aliphatic rings. The van der Waals surface area contributed by atoms with Crippen LogP contribution >= 0.6 is 11.6 Å². The van der Waals surface area contributed by atoms with E-state index in [0.717, 1.165) is 0 Å². The van der Waals surface area contributed by atoms with E-state index in [4.69, 9.17) is 37.0 Å². The standard InChI is InChI=1S/C13H17ClN4O5/c1-6(19)21-4-9-8(22-7(2)20)3-10(23-9)18-5-17-11(12(14)15)13(18)16/h5,8-10,15H,3-4,16H2,1-2H3. The maximum atomic E-state index is 11.2. The summed E-state index contributed by atoms with van der Waals surface area (Å²) >= 11 is 5.60. The molecule has 0 aromatic carbocycles. The molecular weight excluding hydrogens is 328 g/mol. The van der Waals surface area contributed by atoms with Crippen LogP contribution in [0.5, 0.6) is 0 Å². The van der Waals surface area contributed by atoms with E-state index in [1.165, 1.54) is 24.7 Å². The summed E-state index contributed by atoms with van der Waals surface area (Å²) in [5.74, 6) is -0.753. The second-order valence-electron chi connectivity index (χ2n) is 5.02. The molecule has 3 unspecified atom stereocenters. The number of imidazole rings is 1. The number of rotatable bonds is 5. The Kier molecular flexibility index (Phi) is 5.22. The van der Waals surface area contributed by atoms with Gasteiger partial charge < -0.3 is 19.9 Å². The van der Waals surface area contributed by atoms with Crippen molar-refractivity contribution in [3.8, 4) is 0 Å². The van der Waals surface area contributed by atoms with Gasteiger partial charge in [-0.1, -0.05) is 11.6 Å². The largest absolute Gasteiger partial charge is 0.463 e. The molecule has 23 heavy (non-hydrogen) atoms. The number of ether oxygens (including phenoxy) is 3. The van der Waals surface area contributed by atoms with E-state index in [2.05, 4.69) is 4.98 Å². The molecular formula is C13H17ClN4O5. The molecule has 2 rings (SSSR count). The highest BCUT2D eigenvalue weighted by atomic mass is 35.5. The average molecular weight is 345 g/mol. The van der Waals surface area contributed by atoms with Crippen LogP contribution in [0.2, 0.25) is 0 Å². The molecule has 3 N–H and O–H groups in total. The number of nitrogen functional groups attached to an aromatic ring is 1. The summed E-state index contributed by atoms with van der Waals surface area (Å²) in [6, 6.07) is 0. The summed E-state index contributed by atoms with van der Waals surface area (Å²) in [5, 5.41) is 7.10. The maximum Gasteiger partial charge on any atom is 0.303 e. The lowest BCUT2D eigenvalue weighted by Gasteiger charge is -2.17. The summed E-state index contributed by atoms with van der Waals surface area (Å²) < 4.78 is 17.4. The summed E-state index contributed by atoms with van der Waals surface area (Å²) in [5.41, 5.74) is 6.04. The van der Waals surface area contributed by atoms with E-state index < -0.39 is 30.4 Å². The molecule has 9 nitrogen and oxygen atoms in total. The lowest BCUT2D eigenvalue weighted by atomic mass is 10.2. The van der Waals surface area contributed by atoms with Crippen LogP contribution in [0.15, 0.2) is 6.33 Å². The third-order valence-corrected chi connectivity index (χ3v) is 3.48.